The molecule has 38 heavy (non-hydrogen) atoms. The molecule has 0 aliphatic carbocycles. The van der Waals surface area contributed by atoms with Crippen molar-refractivity contribution < 1.29 is 22.8 Å². The van der Waals surface area contributed by atoms with Crippen LogP contribution in [-0.2, 0) is 11.4 Å². The quantitative estimate of drug-likeness (QED) is 0.265. The van der Waals surface area contributed by atoms with Crippen LogP contribution in [0.5, 0.6) is 0 Å². The van der Waals surface area contributed by atoms with Crippen molar-refractivity contribution in [1.29, 1.82) is 0 Å². The van der Waals surface area contributed by atoms with E-state index in [-0.39, 0.29) is 11.9 Å². The molecule has 4 rings (SSSR count). The number of nitrogens with zero attached hydrogens (tertiary/aromatic N) is 4. The summed E-state index contributed by atoms with van der Waals surface area (Å²) in [7, 11) is 0. The maximum absolute atomic E-state index is 13.0. The Morgan fingerprint density at radius 3 is 2.42 bits per heavy atom. The highest BCUT2D eigenvalue weighted by Gasteiger charge is 2.40. The minimum Gasteiger partial charge on any atom is -0.598 e. The van der Waals surface area contributed by atoms with Gasteiger partial charge in [0, 0.05) is 22.3 Å². The molecule has 3 atom stereocenters. The fourth-order valence-corrected chi connectivity index (χ4v) is 4.76. The molecule has 7 nitrogen and oxygen atoms in total. The number of hydrogen-bond donors (Lipinski definition) is 2. The zero-order valence-electron chi connectivity index (χ0n) is 21.5. The van der Waals surface area contributed by atoms with Crippen LogP contribution in [0.2, 0.25) is 0 Å². The third kappa shape index (κ3) is 6.17. The first-order valence-electron chi connectivity index (χ1n) is 12.2. The van der Waals surface area contributed by atoms with Crippen LogP contribution < -0.4 is 4.72 Å². The van der Waals surface area contributed by atoms with Gasteiger partial charge in [-0.15, -0.1) is 4.72 Å². The summed E-state index contributed by atoms with van der Waals surface area (Å²) in [6, 6.07) is 15.1. The predicted molar refractivity (Wildman–Crippen MR) is 142 cm³/mol. The summed E-state index contributed by atoms with van der Waals surface area (Å²) in [4.78, 5) is 8.87. The third-order valence-electron chi connectivity index (χ3n) is 5.94. The van der Waals surface area contributed by atoms with Crippen LogP contribution >= 0.6 is 0 Å². The average molecular weight is 546 g/mol. The Kier molecular flexibility index (Phi) is 8.12. The average Bonchev–Trinajstić information content (AvgIpc) is 3.30. The summed E-state index contributed by atoms with van der Waals surface area (Å²) in [5.41, 5.74) is 2.35. The van der Waals surface area contributed by atoms with Crippen molar-refractivity contribution in [2.75, 3.05) is 0 Å². The lowest BCUT2D eigenvalue weighted by Crippen LogP contribution is -2.41. The van der Waals surface area contributed by atoms with Gasteiger partial charge in [-0.1, -0.05) is 37.6 Å². The molecule has 0 spiro atoms. The second-order valence-corrected chi connectivity index (χ2v) is 12.0. The number of halogens is 3. The zero-order valence-corrected chi connectivity index (χ0v) is 22.3. The zero-order chi connectivity index (χ0) is 27.7. The highest BCUT2D eigenvalue weighted by Crippen LogP contribution is 2.32. The number of hydrogen-bond acceptors (Lipinski definition) is 6. The molecular weight excluding hydrogens is 515 g/mol. The van der Waals surface area contributed by atoms with Crippen LogP contribution in [-0.4, -0.2) is 40.3 Å². The number of pyridine rings is 2. The highest BCUT2D eigenvalue weighted by molar-refractivity contribution is 7.90. The van der Waals surface area contributed by atoms with Crippen LogP contribution in [0.1, 0.15) is 64.1 Å². The van der Waals surface area contributed by atoms with Gasteiger partial charge >= 0.3 is 6.18 Å². The topological polar surface area (TPSA) is 98.9 Å². The van der Waals surface area contributed by atoms with E-state index in [1.54, 1.807) is 6.20 Å². The summed E-state index contributed by atoms with van der Waals surface area (Å²) in [6.07, 6.45) is -4.28. The normalized spacial score (nSPS) is 15.0. The smallest absolute Gasteiger partial charge is 0.420 e. The van der Waals surface area contributed by atoms with Crippen molar-refractivity contribution >= 4 is 22.3 Å². The molecule has 4 aromatic rings. The Bertz CT molecular complexity index is 1400. The maximum Gasteiger partial charge on any atom is 0.420 e. The van der Waals surface area contributed by atoms with Gasteiger partial charge in [-0.2, -0.15) is 18.3 Å². The number of nitrogens with one attached hydrogen (secondary N) is 1. The summed E-state index contributed by atoms with van der Waals surface area (Å²) >= 11 is -1.27. The SMILES string of the molecule is CCC[C@H](N[S@@+]([O-])C(C)(C)C)c1cccc(-c2ccc3cnn(-c4cccc([C@@H](O)C(F)(F)F)n4)c3c2)n1. The Balaban J connectivity index is 1.70. The Morgan fingerprint density at radius 1 is 1.03 bits per heavy atom. The van der Waals surface area contributed by atoms with E-state index in [0.29, 0.717) is 11.2 Å². The fourth-order valence-electron chi connectivity index (χ4n) is 3.91. The molecule has 202 valence electrons. The number of aliphatic hydroxyl groups is 1. The standard InChI is InChI=1S/C27H30F3N5O2S/c1-5-8-21(34-38(37)26(2,3)4)20-10-6-9-19(32-20)17-13-14-18-16-31-35(23(18)15-17)24-12-7-11-22(33-24)25(36)27(28,29)30/h6-7,9-16,21,25,34,36H,5,8H2,1-4H3/t21-,25+,38-/m0/s1. The molecule has 0 saturated heterocycles. The molecule has 0 aliphatic heterocycles. The van der Waals surface area contributed by atoms with Gasteiger partial charge in [0.2, 0.25) is 0 Å². The minimum absolute atomic E-state index is 0.150. The van der Waals surface area contributed by atoms with Crippen molar-refractivity contribution in [1.82, 2.24) is 24.5 Å². The van der Waals surface area contributed by atoms with Crippen molar-refractivity contribution in [2.45, 2.75) is 63.6 Å². The van der Waals surface area contributed by atoms with Gasteiger partial charge < -0.3 is 9.66 Å². The number of benzene rings is 1. The van der Waals surface area contributed by atoms with Gasteiger partial charge in [0.15, 0.2) is 11.9 Å². The number of fused-ring (bicyclic) bond motifs is 1. The lowest BCUT2D eigenvalue weighted by atomic mass is 10.1. The Morgan fingerprint density at radius 2 is 1.74 bits per heavy atom. The fraction of sp³-hybridized carbons (Fsp3) is 0.370. The first-order valence-corrected chi connectivity index (χ1v) is 13.4. The van der Waals surface area contributed by atoms with E-state index in [0.717, 1.165) is 35.6 Å². The van der Waals surface area contributed by atoms with Gasteiger partial charge in [-0.05, 0) is 57.5 Å². The van der Waals surface area contributed by atoms with Crippen molar-refractivity contribution in [2.24, 2.45) is 0 Å². The second-order valence-electron chi connectivity index (χ2n) is 9.98. The summed E-state index contributed by atoms with van der Waals surface area (Å²) in [5.74, 6) is 0.150. The lowest BCUT2D eigenvalue weighted by molar-refractivity contribution is -0.207. The van der Waals surface area contributed by atoms with Crippen LogP contribution in [0.3, 0.4) is 0 Å². The summed E-state index contributed by atoms with van der Waals surface area (Å²) in [5, 5.41) is 14.7. The molecule has 1 aromatic carbocycles. The molecule has 3 heterocycles. The van der Waals surface area contributed by atoms with Crippen LogP contribution in [0.25, 0.3) is 28.0 Å². The molecule has 0 radical (unpaired) electrons. The minimum atomic E-state index is -4.83. The van der Waals surface area contributed by atoms with Crippen LogP contribution in [0.4, 0.5) is 13.2 Å². The second kappa shape index (κ2) is 11.0. The summed E-state index contributed by atoms with van der Waals surface area (Å²) < 4.78 is 56.1. The van der Waals surface area contributed by atoms with E-state index < -0.39 is 34.1 Å². The number of alkyl halides is 3. The highest BCUT2D eigenvalue weighted by atomic mass is 32.2. The number of rotatable bonds is 8. The van der Waals surface area contributed by atoms with Crippen molar-refractivity contribution in [3.63, 3.8) is 0 Å². The van der Waals surface area contributed by atoms with Gasteiger partial charge in [0.1, 0.15) is 4.75 Å². The third-order valence-corrected chi connectivity index (χ3v) is 7.55. The Labute approximate surface area is 222 Å². The van der Waals surface area contributed by atoms with E-state index in [9.17, 15) is 22.8 Å². The predicted octanol–water partition coefficient (Wildman–Crippen LogP) is 5.97. The maximum atomic E-state index is 13.0. The van der Waals surface area contributed by atoms with Crippen LogP contribution in [0.15, 0.2) is 60.8 Å². The molecule has 11 heteroatoms. The molecular formula is C27H30F3N5O2S. The molecule has 2 N–H and O–H groups in total. The lowest BCUT2D eigenvalue weighted by Gasteiger charge is -2.27. The van der Waals surface area contributed by atoms with Crippen LogP contribution in [0, 0.1) is 0 Å². The van der Waals surface area contributed by atoms with Crippen molar-refractivity contribution in [3.05, 3.63) is 72.2 Å². The van der Waals surface area contributed by atoms with E-state index in [1.165, 1.54) is 16.8 Å². The summed E-state index contributed by atoms with van der Waals surface area (Å²) in [6.45, 7) is 7.80. The molecule has 0 fully saturated rings. The molecule has 0 saturated carbocycles. The first-order chi connectivity index (χ1) is 17.9. The monoisotopic (exact) mass is 545 g/mol. The number of aromatic nitrogens is 4. The molecule has 0 unspecified atom stereocenters. The molecule has 3 aromatic heterocycles. The molecule has 0 amide bonds. The van der Waals surface area contributed by atoms with Gasteiger partial charge in [-0.25, -0.2) is 9.67 Å². The van der Waals surface area contributed by atoms with E-state index in [1.807, 2.05) is 57.2 Å². The largest absolute Gasteiger partial charge is 0.598 e. The first kappa shape index (κ1) is 28.0. The van der Waals surface area contributed by atoms with E-state index in [2.05, 4.69) is 21.7 Å². The van der Waals surface area contributed by atoms with Crippen molar-refractivity contribution in [3.8, 4) is 17.1 Å². The number of aliphatic hydroxyl groups excluding tert-OH is 1. The molecule has 0 aliphatic rings. The van der Waals surface area contributed by atoms with Gasteiger partial charge in [-0.3, -0.25) is 4.98 Å². The van der Waals surface area contributed by atoms with Gasteiger partial charge in [0.05, 0.1) is 34.8 Å². The van der Waals surface area contributed by atoms with Gasteiger partial charge in [0.25, 0.3) is 0 Å². The van der Waals surface area contributed by atoms with E-state index >= 15 is 0 Å². The molecule has 0 bridgehead atoms. The Hall–Kier alpha value is -2.99. The van der Waals surface area contributed by atoms with E-state index in [4.69, 9.17) is 4.98 Å².